The zero-order valence-corrected chi connectivity index (χ0v) is 14.2. The van der Waals surface area contributed by atoms with Crippen LogP contribution in [0.5, 0.6) is 0 Å². The number of carbonyl (C=O) groups excluding carboxylic acids is 2. The molecule has 5 heteroatoms. The monoisotopic (exact) mass is 317 g/mol. The Morgan fingerprint density at radius 1 is 1.35 bits per heavy atom. The topological polar surface area (TPSA) is 84.2 Å². The van der Waals surface area contributed by atoms with Gasteiger partial charge in [0.25, 0.3) is 0 Å². The van der Waals surface area contributed by atoms with Crippen molar-refractivity contribution < 1.29 is 9.59 Å². The minimum Gasteiger partial charge on any atom is -0.349 e. The van der Waals surface area contributed by atoms with Gasteiger partial charge in [0.2, 0.25) is 11.8 Å². The Hall–Kier alpha value is -1.88. The molecule has 1 aromatic carbocycles. The summed E-state index contributed by atoms with van der Waals surface area (Å²) < 4.78 is 0. The molecular weight excluding hydrogens is 290 g/mol. The first-order valence-electron chi connectivity index (χ1n) is 8.39. The van der Waals surface area contributed by atoms with Crippen molar-refractivity contribution in [2.45, 2.75) is 52.5 Å². The van der Waals surface area contributed by atoms with E-state index in [-0.39, 0.29) is 17.9 Å². The molecular formula is C18H27N3O2. The fourth-order valence-electron chi connectivity index (χ4n) is 3.06. The molecule has 1 unspecified atom stereocenters. The van der Waals surface area contributed by atoms with Crippen LogP contribution in [-0.4, -0.2) is 18.4 Å². The maximum Gasteiger partial charge on any atom is 0.227 e. The quantitative estimate of drug-likeness (QED) is 0.754. The minimum absolute atomic E-state index is 0.0172. The Labute approximate surface area is 138 Å². The van der Waals surface area contributed by atoms with Crippen LogP contribution in [0.15, 0.2) is 18.2 Å². The Morgan fingerprint density at radius 2 is 2.04 bits per heavy atom. The second kappa shape index (κ2) is 7.13. The summed E-state index contributed by atoms with van der Waals surface area (Å²) >= 11 is 0. The van der Waals surface area contributed by atoms with E-state index in [1.165, 1.54) is 0 Å². The molecule has 126 valence electrons. The average molecular weight is 317 g/mol. The molecule has 1 aliphatic heterocycles. The van der Waals surface area contributed by atoms with Crippen molar-refractivity contribution in [1.29, 1.82) is 0 Å². The predicted octanol–water partition coefficient (Wildman–Crippen LogP) is 2.51. The van der Waals surface area contributed by atoms with E-state index in [1.807, 2.05) is 32.9 Å². The van der Waals surface area contributed by atoms with Gasteiger partial charge in [0, 0.05) is 18.7 Å². The number of carbonyl (C=O) groups is 2. The lowest BCUT2D eigenvalue weighted by atomic mass is 9.81. The van der Waals surface area contributed by atoms with Crippen molar-refractivity contribution in [3.63, 3.8) is 0 Å². The van der Waals surface area contributed by atoms with Gasteiger partial charge in [-0.15, -0.1) is 0 Å². The summed E-state index contributed by atoms with van der Waals surface area (Å²) in [6, 6.07) is 5.86. The molecule has 0 aromatic heterocycles. The Balaban J connectivity index is 2.13. The van der Waals surface area contributed by atoms with Gasteiger partial charge >= 0.3 is 0 Å². The molecule has 0 spiro atoms. The number of anilines is 1. The molecule has 1 aliphatic rings. The van der Waals surface area contributed by atoms with E-state index in [1.54, 1.807) is 0 Å². The average Bonchev–Trinajstić information content (AvgIpc) is 2.56. The van der Waals surface area contributed by atoms with Crippen LogP contribution < -0.4 is 16.4 Å². The number of nitrogens with two attached hydrogens (primary N) is 1. The highest BCUT2D eigenvalue weighted by atomic mass is 16.2. The van der Waals surface area contributed by atoms with Gasteiger partial charge in [-0.3, -0.25) is 9.59 Å². The molecule has 5 nitrogen and oxygen atoms in total. The van der Waals surface area contributed by atoms with Gasteiger partial charge in [0.15, 0.2) is 0 Å². The summed E-state index contributed by atoms with van der Waals surface area (Å²) in [5.41, 5.74) is 8.41. The minimum atomic E-state index is -0.490. The van der Waals surface area contributed by atoms with Crippen LogP contribution in [0, 0.1) is 5.41 Å². The summed E-state index contributed by atoms with van der Waals surface area (Å²) in [7, 11) is 0. The van der Waals surface area contributed by atoms with E-state index in [2.05, 4.69) is 16.7 Å². The number of amides is 2. The first-order valence-corrected chi connectivity index (χ1v) is 8.39. The summed E-state index contributed by atoms with van der Waals surface area (Å²) in [5, 5.41) is 5.97. The lowest BCUT2D eigenvalue weighted by Crippen LogP contribution is -2.46. The lowest BCUT2D eigenvalue weighted by molar-refractivity contribution is -0.131. The molecule has 2 amide bonds. The number of benzene rings is 1. The van der Waals surface area contributed by atoms with Crippen LogP contribution in [0.2, 0.25) is 0 Å². The first kappa shape index (κ1) is 17.5. The van der Waals surface area contributed by atoms with Crippen LogP contribution >= 0.6 is 0 Å². The first-order chi connectivity index (χ1) is 11.0. The van der Waals surface area contributed by atoms with E-state index in [0.717, 1.165) is 36.1 Å². The molecule has 0 saturated carbocycles. The molecule has 0 aliphatic carbocycles. The van der Waals surface area contributed by atoms with Crippen molar-refractivity contribution in [3.05, 3.63) is 29.3 Å². The standard InChI is InChI=1S/C18H27N3O2/c1-4-18(5-2,11-19)17(23)20-12(3)13-6-8-15-14(10-13)7-9-16(22)21-15/h6,8,10,12H,4-5,7,9,11,19H2,1-3H3,(H,20,23)(H,21,22). The Kier molecular flexibility index (Phi) is 5.42. The van der Waals surface area contributed by atoms with Crippen LogP contribution in [0.25, 0.3) is 0 Å². The highest BCUT2D eigenvalue weighted by molar-refractivity contribution is 5.94. The van der Waals surface area contributed by atoms with Crippen LogP contribution in [0.1, 0.15) is 57.2 Å². The molecule has 0 bridgehead atoms. The van der Waals surface area contributed by atoms with Gasteiger partial charge in [-0.25, -0.2) is 0 Å². The number of nitrogens with one attached hydrogen (secondary N) is 2. The molecule has 23 heavy (non-hydrogen) atoms. The number of fused-ring (bicyclic) bond motifs is 1. The molecule has 0 radical (unpaired) electrons. The molecule has 4 N–H and O–H groups in total. The van der Waals surface area contributed by atoms with Crippen molar-refractivity contribution in [1.82, 2.24) is 5.32 Å². The second-order valence-corrected chi connectivity index (χ2v) is 6.35. The molecule has 0 fully saturated rings. The normalized spacial score (nSPS) is 15.6. The third-order valence-electron chi connectivity index (χ3n) is 5.10. The van der Waals surface area contributed by atoms with E-state index < -0.39 is 5.41 Å². The summed E-state index contributed by atoms with van der Waals surface area (Å²) in [5.74, 6) is 0.0775. The highest BCUT2D eigenvalue weighted by Crippen LogP contribution is 2.29. The maximum atomic E-state index is 12.6. The summed E-state index contributed by atoms with van der Waals surface area (Å²) in [6.45, 7) is 6.34. The maximum absolute atomic E-state index is 12.6. The van der Waals surface area contributed by atoms with Crippen LogP contribution in [0.3, 0.4) is 0 Å². The zero-order valence-electron chi connectivity index (χ0n) is 14.2. The highest BCUT2D eigenvalue weighted by Gasteiger charge is 2.34. The fraction of sp³-hybridized carbons (Fsp3) is 0.556. The third-order valence-corrected chi connectivity index (χ3v) is 5.10. The van der Waals surface area contributed by atoms with Gasteiger partial charge < -0.3 is 16.4 Å². The fourth-order valence-corrected chi connectivity index (χ4v) is 3.06. The van der Waals surface area contributed by atoms with E-state index in [4.69, 9.17) is 5.73 Å². The smallest absolute Gasteiger partial charge is 0.227 e. The van der Waals surface area contributed by atoms with Gasteiger partial charge in [-0.05, 0) is 43.4 Å². The van der Waals surface area contributed by atoms with E-state index >= 15 is 0 Å². The largest absolute Gasteiger partial charge is 0.349 e. The number of aryl methyl sites for hydroxylation is 1. The Morgan fingerprint density at radius 3 is 2.65 bits per heavy atom. The lowest BCUT2D eigenvalue weighted by Gasteiger charge is -2.30. The van der Waals surface area contributed by atoms with E-state index in [9.17, 15) is 9.59 Å². The molecule has 2 rings (SSSR count). The van der Waals surface area contributed by atoms with Crippen molar-refractivity contribution in [2.75, 3.05) is 11.9 Å². The van der Waals surface area contributed by atoms with Crippen molar-refractivity contribution >= 4 is 17.5 Å². The van der Waals surface area contributed by atoms with Gasteiger partial charge in [-0.1, -0.05) is 26.0 Å². The van der Waals surface area contributed by atoms with Crippen LogP contribution in [0.4, 0.5) is 5.69 Å². The van der Waals surface area contributed by atoms with Crippen LogP contribution in [-0.2, 0) is 16.0 Å². The molecule has 0 saturated heterocycles. The SMILES string of the molecule is CCC(CC)(CN)C(=O)NC(C)c1ccc2c(c1)CCC(=O)N2. The molecule has 1 heterocycles. The molecule has 1 aromatic rings. The summed E-state index contributed by atoms with van der Waals surface area (Å²) in [6.07, 6.45) is 2.72. The van der Waals surface area contributed by atoms with Crippen molar-refractivity contribution in [3.8, 4) is 0 Å². The molecule has 1 atom stereocenters. The van der Waals surface area contributed by atoms with E-state index in [0.29, 0.717) is 13.0 Å². The summed E-state index contributed by atoms with van der Waals surface area (Å²) in [4.78, 5) is 24.0. The Bertz CT molecular complexity index is 586. The third kappa shape index (κ3) is 3.55. The van der Waals surface area contributed by atoms with Crippen molar-refractivity contribution in [2.24, 2.45) is 11.1 Å². The second-order valence-electron chi connectivity index (χ2n) is 6.35. The van der Waals surface area contributed by atoms with Gasteiger partial charge in [-0.2, -0.15) is 0 Å². The number of hydrogen-bond donors (Lipinski definition) is 3. The number of hydrogen-bond acceptors (Lipinski definition) is 3. The predicted molar refractivity (Wildman–Crippen MR) is 92.0 cm³/mol. The van der Waals surface area contributed by atoms with Gasteiger partial charge in [0.1, 0.15) is 0 Å². The van der Waals surface area contributed by atoms with Gasteiger partial charge in [0.05, 0.1) is 11.5 Å². The zero-order chi connectivity index (χ0) is 17.0. The number of rotatable bonds is 6.